The lowest BCUT2D eigenvalue weighted by Crippen LogP contribution is -2.43. The van der Waals surface area contributed by atoms with Crippen LogP contribution in [0.3, 0.4) is 0 Å². The lowest BCUT2D eigenvalue weighted by molar-refractivity contribution is 0.0415. The van der Waals surface area contributed by atoms with Gasteiger partial charge in [-0.2, -0.15) is 9.78 Å². The molecule has 4 aromatic rings. The number of pyridine rings is 1. The first-order valence-electron chi connectivity index (χ1n) is 11.2. The van der Waals surface area contributed by atoms with Crippen molar-refractivity contribution in [3.8, 4) is 5.95 Å². The zero-order valence-electron chi connectivity index (χ0n) is 19.3. The van der Waals surface area contributed by atoms with Gasteiger partial charge in [-0.1, -0.05) is 12.1 Å². The molecule has 0 radical (unpaired) electrons. The molecule has 0 fully saturated rings. The molecule has 11 heteroatoms. The summed E-state index contributed by atoms with van der Waals surface area (Å²) in [4.78, 5) is 26.1. The minimum atomic E-state index is -1.29. The number of amides is 2. The summed E-state index contributed by atoms with van der Waals surface area (Å²) in [6.45, 7) is 4.74. The fraction of sp³-hybridized carbons (Fsp3) is 0.292. The number of carbonyl (C=O) groups excluding carboxylic acids is 1. The summed E-state index contributed by atoms with van der Waals surface area (Å²) >= 11 is 0. The van der Waals surface area contributed by atoms with E-state index in [4.69, 9.17) is 0 Å². The van der Waals surface area contributed by atoms with Crippen molar-refractivity contribution in [2.24, 2.45) is 0 Å². The summed E-state index contributed by atoms with van der Waals surface area (Å²) in [7, 11) is 0. The molecule has 1 aliphatic rings. The van der Waals surface area contributed by atoms with E-state index in [1.807, 2.05) is 6.20 Å². The highest BCUT2D eigenvalue weighted by Gasteiger charge is 2.30. The number of fused-ring (bicyclic) bond motifs is 2. The molecular weight excluding hydrogens is 451 g/mol. The number of anilines is 1. The Morgan fingerprint density at radius 3 is 2.77 bits per heavy atom. The smallest absolute Gasteiger partial charge is 0.320 e. The molecule has 0 spiro atoms. The molecule has 3 aromatic heterocycles. The summed E-state index contributed by atoms with van der Waals surface area (Å²) in [5, 5.41) is 24.4. The van der Waals surface area contributed by atoms with Crippen molar-refractivity contribution >= 4 is 22.8 Å². The number of nitrogens with one attached hydrogen (secondary N) is 3. The van der Waals surface area contributed by atoms with Crippen LogP contribution in [0.4, 0.5) is 15.0 Å². The zero-order chi connectivity index (χ0) is 24.6. The van der Waals surface area contributed by atoms with Crippen LogP contribution in [0.1, 0.15) is 36.7 Å². The second-order valence-corrected chi connectivity index (χ2v) is 8.99. The Morgan fingerprint density at radius 1 is 1.20 bits per heavy atom. The van der Waals surface area contributed by atoms with Gasteiger partial charge < -0.3 is 15.7 Å². The molecule has 0 saturated heterocycles. The third-order valence-electron chi connectivity index (χ3n) is 5.88. The number of halogens is 1. The fourth-order valence-corrected chi connectivity index (χ4v) is 4.09. The first kappa shape index (κ1) is 22.8. The van der Waals surface area contributed by atoms with Gasteiger partial charge in [0.2, 0.25) is 0 Å². The maximum absolute atomic E-state index is 13.3. The van der Waals surface area contributed by atoms with Crippen molar-refractivity contribution in [2.45, 2.75) is 38.5 Å². The van der Waals surface area contributed by atoms with Gasteiger partial charge >= 0.3 is 6.03 Å². The largest absolute Gasteiger partial charge is 0.388 e. The van der Waals surface area contributed by atoms with Crippen LogP contribution in [0.15, 0.2) is 48.9 Å². The molecule has 4 heterocycles. The summed E-state index contributed by atoms with van der Waals surface area (Å²) < 4.78 is 14.9. The molecule has 0 unspecified atom stereocenters. The number of aromatic nitrogens is 5. The number of hydrogen-bond donors (Lipinski definition) is 4. The van der Waals surface area contributed by atoms with Crippen LogP contribution in [0.2, 0.25) is 0 Å². The van der Waals surface area contributed by atoms with E-state index in [-0.39, 0.29) is 0 Å². The predicted molar refractivity (Wildman–Crippen MR) is 127 cm³/mol. The molecule has 4 N–H and O–H groups in total. The molecule has 1 aliphatic heterocycles. The summed E-state index contributed by atoms with van der Waals surface area (Å²) in [5.74, 6) is 0.358. The van der Waals surface area contributed by atoms with Crippen molar-refractivity contribution < 1.29 is 14.3 Å². The Kier molecular flexibility index (Phi) is 5.87. The molecule has 0 saturated carbocycles. The van der Waals surface area contributed by atoms with Gasteiger partial charge in [-0.05, 0) is 56.1 Å². The fourth-order valence-electron chi connectivity index (χ4n) is 4.09. The Bertz CT molecular complexity index is 1380. The Labute approximate surface area is 200 Å². The lowest BCUT2D eigenvalue weighted by atomic mass is 9.92. The van der Waals surface area contributed by atoms with Crippen molar-refractivity contribution in [1.29, 1.82) is 0 Å². The van der Waals surface area contributed by atoms with Gasteiger partial charge in [0.25, 0.3) is 5.95 Å². The van der Waals surface area contributed by atoms with Crippen molar-refractivity contribution in [3.05, 3.63) is 71.6 Å². The average molecular weight is 477 g/mol. The first-order valence-corrected chi connectivity index (χ1v) is 11.2. The minimum Gasteiger partial charge on any atom is -0.388 e. The minimum absolute atomic E-state index is 0.304. The molecule has 35 heavy (non-hydrogen) atoms. The number of hydrogen-bond acceptors (Lipinski definition) is 7. The van der Waals surface area contributed by atoms with Crippen LogP contribution < -0.4 is 16.0 Å². The quantitative estimate of drug-likeness (QED) is 0.348. The number of nitrogens with zero attached hydrogens (tertiary/aromatic N) is 5. The van der Waals surface area contributed by atoms with E-state index in [2.05, 4.69) is 36.0 Å². The van der Waals surface area contributed by atoms with E-state index in [0.29, 0.717) is 29.4 Å². The third kappa shape index (κ3) is 4.81. The normalized spacial score (nSPS) is 14.4. The van der Waals surface area contributed by atoms with Crippen LogP contribution in [0.25, 0.3) is 16.9 Å². The second kappa shape index (κ2) is 9.01. The number of rotatable bonds is 5. The van der Waals surface area contributed by atoms with Crippen LogP contribution in [0, 0.1) is 5.82 Å². The van der Waals surface area contributed by atoms with E-state index >= 15 is 0 Å². The van der Waals surface area contributed by atoms with E-state index in [0.717, 1.165) is 29.6 Å². The van der Waals surface area contributed by atoms with E-state index < -0.39 is 23.5 Å². The summed E-state index contributed by atoms with van der Waals surface area (Å²) in [6, 6.07) is 5.96. The van der Waals surface area contributed by atoms with Crippen LogP contribution in [-0.2, 0) is 13.0 Å². The summed E-state index contributed by atoms with van der Waals surface area (Å²) in [5.41, 5.74) is 2.05. The standard InChI is InChI=1S/C24H25FN8O2/c1-24(2,35)21(14-3-5-17(25)6-4-14)32-23(34)31-20-9-16-11-29-33(19(16)13-27-20)22-28-10-15-7-8-26-12-18(15)30-22/h3-6,9-11,13,21,26,35H,7-8,12H2,1-2H3,(H2,27,31,32,34)/t21-/m0/s1. The molecule has 5 rings (SSSR count). The van der Waals surface area contributed by atoms with Gasteiger partial charge in [0.1, 0.15) is 11.6 Å². The maximum Gasteiger partial charge on any atom is 0.320 e. The Morgan fingerprint density at radius 2 is 2.00 bits per heavy atom. The lowest BCUT2D eigenvalue weighted by Gasteiger charge is -2.30. The molecule has 0 bridgehead atoms. The second-order valence-electron chi connectivity index (χ2n) is 8.99. The van der Waals surface area contributed by atoms with Gasteiger partial charge in [-0.3, -0.25) is 5.32 Å². The van der Waals surface area contributed by atoms with Crippen molar-refractivity contribution in [3.63, 3.8) is 0 Å². The molecular formula is C24H25FN8O2. The molecule has 2 amide bonds. The number of aliphatic hydroxyl groups is 1. The topological polar surface area (TPSA) is 130 Å². The maximum atomic E-state index is 13.3. The van der Waals surface area contributed by atoms with Gasteiger partial charge in [0.05, 0.1) is 35.2 Å². The average Bonchev–Trinajstić information content (AvgIpc) is 3.25. The van der Waals surface area contributed by atoms with Crippen LogP contribution in [0.5, 0.6) is 0 Å². The van der Waals surface area contributed by atoms with Crippen molar-refractivity contribution in [1.82, 2.24) is 35.4 Å². The molecule has 1 aromatic carbocycles. The summed E-state index contributed by atoms with van der Waals surface area (Å²) in [6.07, 6.45) is 5.97. The Hall–Kier alpha value is -3.96. The SMILES string of the molecule is CC(C)(O)[C@@H](NC(=O)Nc1cc2cnn(-c3ncc4c(n3)CNCC4)c2cn1)c1ccc(F)cc1. The highest BCUT2D eigenvalue weighted by atomic mass is 19.1. The first-order chi connectivity index (χ1) is 16.8. The molecule has 0 aliphatic carbocycles. The van der Waals surface area contributed by atoms with Crippen LogP contribution in [-0.4, -0.2) is 48.0 Å². The number of carbonyl (C=O) groups is 1. The highest BCUT2D eigenvalue weighted by Crippen LogP contribution is 2.26. The van der Waals surface area contributed by atoms with E-state index in [1.165, 1.54) is 24.3 Å². The van der Waals surface area contributed by atoms with Gasteiger partial charge in [0, 0.05) is 18.1 Å². The monoisotopic (exact) mass is 476 g/mol. The molecule has 10 nitrogen and oxygen atoms in total. The number of urea groups is 1. The number of benzene rings is 1. The molecule has 180 valence electrons. The third-order valence-corrected chi connectivity index (χ3v) is 5.88. The van der Waals surface area contributed by atoms with Crippen LogP contribution >= 0.6 is 0 Å². The molecule has 1 atom stereocenters. The Balaban J connectivity index is 1.34. The van der Waals surface area contributed by atoms with Gasteiger partial charge in [-0.15, -0.1) is 0 Å². The van der Waals surface area contributed by atoms with E-state index in [1.54, 1.807) is 37.0 Å². The van der Waals surface area contributed by atoms with Crippen molar-refractivity contribution in [2.75, 3.05) is 11.9 Å². The highest BCUT2D eigenvalue weighted by molar-refractivity contribution is 5.91. The van der Waals surface area contributed by atoms with Gasteiger partial charge in [0.15, 0.2) is 0 Å². The zero-order valence-corrected chi connectivity index (χ0v) is 19.3. The predicted octanol–water partition coefficient (Wildman–Crippen LogP) is 2.63. The van der Waals surface area contributed by atoms with Gasteiger partial charge in [-0.25, -0.2) is 24.1 Å². The van der Waals surface area contributed by atoms with E-state index in [9.17, 15) is 14.3 Å².